The highest BCUT2D eigenvalue weighted by Gasteiger charge is 2.26. The SMILES string of the molecule is CC(=O)Nc1ncc(CN2CC(C)OC(Cc3ncc(F)cn3)C2)s1. The highest BCUT2D eigenvalue weighted by molar-refractivity contribution is 7.15. The average molecular weight is 365 g/mol. The van der Waals surface area contributed by atoms with E-state index in [2.05, 4.69) is 25.2 Å². The van der Waals surface area contributed by atoms with Crippen LogP contribution in [0.4, 0.5) is 9.52 Å². The minimum absolute atomic E-state index is 0.0445. The number of nitrogens with one attached hydrogen (secondary N) is 1. The van der Waals surface area contributed by atoms with Crippen molar-refractivity contribution in [3.8, 4) is 0 Å². The summed E-state index contributed by atoms with van der Waals surface area (Å²) in [6.07, 6.45) is 4.72. The number of nitrogens with zero attached hydrogens (tertiary/aromatic N) is 4. The van der Waals surface area contributed by atoms with Gasteiger partial charge in [-0.2, -0.15) is 0 Å². The van der Waals surface area contributed by atoms with Crippen molar-refractivity contribution >= 4 is 22.4 Å². The maximum absolute atomic E-state index is 12.9. The van der Waals surface area contributed by atoms with Gasteiger partial charge in [0, 0.05) is 44.1 Å². The van der Waals surface area contributed by atoms with Crippen LogP contribution in [0.15, 0.2) is 18.6 Å². The van der Waals surface area contributed by atoms with Gasteiger partial charge in [-0.3, -0.25) is 9.69 Å². The zero-order chi connectivity index (χ0) is 17.8. The van der Waals surface area contributed by atoms with Crippen molar-refractivity contribution in [2.75, 3.05) is 18.4 Å². The fourth-order valence-corrected chi connectivity index (χ4v) is 3.74. The van der Waals surface area contributed by atoms with E-state index in [4.69, 9.17) is 4.74 Å². The fraction of sp³-hybridized carbons (Fsp3) is 0.500. The average Bonchev–Trinajstić information content (AvgIpc) is 2.95. The Morgan fingerprint density at radius 2 is 2.12 bits per heavy atom. The number of amides is 1. The second kappa shape index (κ2) is 7.94. The summed E-state index contributed by atoms with van der Waals surface area (Å²) in [5.41, 5.74) is 0. The molecule has 0 saturated carbocycles. The van der Waals surface area contributed by atoms with E-state index in [9.17, 15) is 9.18 Å². The van der Waals surface area contributed by atoms with E-state index in [1.165, 1.54) is 30.7 Å². The third-order valence-corrected chi connectivity index (χ3v) is 4.60. The molecule has 1 amide bonds. The predicted octanol–water partition coefficient (Wildman–Crippen LogP) is 1.86. The summed E-state index contributed by atoms with van der Waals surface area (Å²) >= 11 is 1.47. The lowest BCUT2D eigenvalue weighted by molar-refractivity contribution is -0.114. The Morgan fingerprint density at radius 1 is 1.36 bits per heavy atom. The van der Waals surface area contributed by atoms with Crippen molar-refractivity contribution in [1.82, 2.24) is 19.9 Å². The Hall–Kier alpha value is -1.97. The normalized spacial score (nSPS) is 21.2. The van der Waals surface area contributed by atoms with Crippen molar-refractivity contribution in [3.63, 3.8) is 0 Å². The molecule has 25 heavy (non-hydrogen) atoms. The summed E-state index contributed by atoms with van der Waals surface area (Å²) in [6, 6.07) is 0. The Kier molecular flexibility index (Phi) is 5.67. The summed E-state index contributed by atoms with van der Waals surface area (Å²) in [5, 5.41) is 3.31. The number of thiazole rings is 1. The second-order valence-electron chi connectivity index (χ2n) is 6.10. The lowest BCUT2D eigenvalue weighted by atomic mass is 10.1. The summed E-state index contributed by atoms with van der Waals surface area (Å²) in [7, 11) is 0. The van der Waals surface area contributed by atoms with Crippen LogP contribution in [0.2, 0.25) is 0 Å². The third-order valence-electron chi connectivity index (χ3n) is 3.70. The highest BCUT2D eigenvalue weighted by Crippen LogP contribution is 2.22. The van der Waals surface area contributed by atoms with Crippen LogP contribution in [0.1, 0.15) is 24.5 Å². The lowest BCUT2D eigenvalue weighted by Gasteiger charge is -2.36. The van der Waals surface area contributed by atoms with Gasteiger partial charge in [-0.25, -0.2) is 19.3 Å². The monoisotopic (exact) mass is 365 g/mol. The molecule has 1 saturated heterocycles. The van der Waals surface area contributed by atoms with Crippen molar-refractivity contribution < 1.29 is 13.9 Å². The quantitative estimate of drug-likeness (QED) is 0.871. The zero-order valence-corrected chi connectivity index (χ0v) is 14.9. The third kappa shape index (κ3) is 5.25. The molecule has 0 spiro atoms. The van der Waals surface area contributed by atoms with Crippen molar-refractivity contribution in [1.29, 1.82) is 0 Å². The van der Waals surface area contributed by atoms with Gasteiger partial charge >= 0.3 is 0 Å². The van der Waals surface area contributed by atoms with Gasteiger partial charge in [-0.05, 0) is 6.92 Å². The van der Waals surface area contributed by atoms with Crippen LogP contribution in [-0.4, -0.2) is 51.1 Å². The Labute approximate surface area is 149 Å². The molecule has 1 aliphatic rings. The zero-order valence-electron chi connectivity index (χ0n) is 14.1. The van der Waals surface area contributed by atoms with Gasteiger partial charge in [-0.1, -0.05) is 0 Å². The summed E-state index contributed by atoms with van der Waals surface area (Å²) in [6.45, 7) is 5.78. The fourth-order valence-electron chi connectivity index (χ4n) is 2.84. The largest absolute Gasteiger partial charge is 0.372 e. The van der Waals surface area contributed by atoms with Crippen LogP contribution in [-0.2, 0) is 22.5 Å². The molecule has 9 heteroatoms. The number of hydrogen-bond donors (Lipinski definition) is 1. The van der Waals surface area contributed by atoms with E-state index in [-0.39, 0.29) is 18.1 Å². The van der Waals surface area contributed by atoms with Gasteiger partial charge in [-0.15, -0.1) is 11.3 Å². The van der Waals surface area contributed by atoms with Crippen molar-refractivity contribution in [3.05, 3.63) is 35.1 Å². The first kappa shape index (κ1) is 17.8. The molecule has 134 valence electrons. The number of rotatable bonds is 5. The van der Waals surface area contributed by atoms with Gasteiger partial charge in [0.1, 0.15) is 5.82 Å². The van der Waals surface area contributed by atoms with Crippen LogP contribution >= 0.6 is 11.3 Å². The van der Waals surface area contributed by atoms with E-state index in [0.29, 0.717) is 17.4 Å². The molecule has 2 atom stereocenters. The van der Waals surface area contributed by atoms with Crippen molar-refractivity contribution in [2.45, 2.75) is 39.0 Å². The molecule has 7 nitrogen and oxygen atoms in total. The molecular weight excluding hydrogens is 345 g/mol. The standard InChI is InChI=1S/C16H20FN5O2S/c1-10-7-22(9-14-6-20-16(25-14)21-11(2)23)8-13(24-10)3-15-18-4-12(17)5-19-15/h4-6,10,13H,3,7-9H2,1-2H3,(H,20,21,23). The molecule has 1 N–H and O–H groups in total. The molecule has 0 bridgehead atoms. The van der Waals surface area contributed by atoms with E-state index in [1.54, 1.807) is 6.20 Å². The van der Waals surface area contributed by atoms with Crippen LogP contribution in [0.5, 0.6) is 0 Å². The second-order valence-corrected chi connectivity index (χ2v) is 7.21. The Balaban J connectivity index is 1.59. The number of aromatic nitrogens is 3. The maximum Gasteiger partial charge on any atom is 0.223 e. The summed E-state index contributed by atoms with van der Waals surface area (Å²) in [5.74, 6) is 0.00918. The first-order valence-corrected chi connectivity index (χ1v) is 8.86. The number of carbonyl (C=O) groups is 1. The number of halogens is 1. The molecule has 0 radical (unpaired) electrons. The van der Waals surface area contributed by atoms with E-state index < -0.39 is 5.82 Å². The molecule has 2 aromatic rings. The van der Waals surface area contributed by atoms with Crippen LogP contribution in [0.3, 0.4) is 0 Å². The highest BCUT2D eigenvalue weighted by atomic mass is 32.1. The summed E-state index contributed by atoms with van der Waals surface area (Å²) < 4.78 is 18.9. The minimum Gasteiger partial charge on any atom is -0.372 e. The molecule has 0 aromatic carbocycles. The molecule has 3 rings (SSSR count). The number of hydrogen-bond acceptors (Lipinski definition) is 7. The topological polar surface area (TPSA) is 80.2 Å². The van der Waals surface area contributed by atoms with Gasteiger partial charge in [0.05, 0.1) is 24.6 Å². The molecular formula is C16H20FN5O2S. The van der Waals surface area contributed by atoms with E-state index >= 15 is 0 Å². The van der Waals surface area contributed by atoms with E-state index in [1.807, 2.05) is 6.92 Å². The predicted molar refractivity (Wildman–Crippen MR) is 91.7 cm³/mol. The molecule has 1 aliphatic heterocycles. The number of ether oxygens (including phenoxy) is 1. The Bertz CT molecular complexity index is 724. The maximum atomic E-state index is 12.9. The first-order chi connectivity index (χ1) is 12.0. The smallest absolute Gasteiger partial charge is 0.223 e. The number of carbonyl (C=O) groups excluding carboxylic acids is 1. The van der Waals surface area contributed by atoms with Gasteiger partial charge in [0.2, 0.25) is 5.91 Å². The first-order valence-electron chi connectivity index (χ1n) is 8.04. The minimum atomic E-state index is -0.441. The molecule has 3 heterocycles. The molecule has 1 fully saturated rings. The lowest BCUT2D eigenvalue weighted by Crippen LogP contribution is -2.46. The summed E-state index contributed by atoms with van der Waals surface area (Å²) in [4.78, 5) is 26.7. The van der Waals surface area contributed by atoms with Crippen LogP contribution in [0, 0.1) is 5.82 Å². The van der Waals surface area contributed by atoms with Gasteiger partial charge < -0.3 is 10.1 Å². The van der Waals surface area contributed by atoms with E-state index in [0.717, 1.165) is 24.5 Å². The van der Waals surface area contributed by atoms with Crippen molar-refractivity contribution in [2.24, 2.45) is 0 Å². The van der Waals surface area contributed by atoms with Gasteiger partial charge in [0.15, 0.2) is 10.9 Å². The molecule has 2 aromatic heterocycles. The molecule has 2 unspecified atom stereocenters. The number of morpholine rings is 1. The molecule has 0 aliphatic carbocycles. The van der Waals surface area contributed by atoms with Crippen LogP contribution < -0.4 is 5.32 Å². The van der Waals surface area contributed by atoms with Crippen LogP contribution in [0.25, 0.3) is 0 Å². The Morgan fingerprint density at radius 3 is 2.84 bits per heavy atom. The van der Waals surface area contributed by atoms with Gasteiger partial charge in [0.25, 0.3) is 0 Å². The number of anilines is 1.